The fourth-order valence-electron chi connectivity index (χ4n) is 7.46. The van der Waals surface area contributed by atoms with Crippen molar-refractivity contribution in [2.75, 3.05) is 35.5 Å². The predicted molar refractivity (Wildman–Crippen MR) is 260 cm³/mol. The number of carbonyl (C=O) groups excluding carboxylic acids is 4. The summed E-state index contributed by atoms with van der Waals surface area (Å²) >= 11 is 16.1. The van der Waals surface area contributed by atoms with Gasteiger partial charge in [0.25, 0.3) is 21.8 Å². The Hall–Kier alpha value is -4.11. The van der Waals surface area contributed by atoms with Crippen LogP contribution in [-0.4, -0.2) is 94.3 Å². The lowest BCUT2D eigenvalue weighted by molar-refractivity contribution is -0.149. The van der Waals surface area contributed by atoms with Crippen LogP contribution in [0.5, 0.6) is 0 Å². The number of benzene rings is 4. The minimum absolute atomic E-state index is 0.0422. The third-order valence-electron chi connectivity index (χ3n) is 11.3. The fraction of sp³-hybridized carbons (Fsp3) is 0.302. The van der Waals surface area contributed by atoms with Gasteiger partial charge in [0.1, 0.15) is 13.2 Å². The molecule has 62 heavy (non-hydrogen) atoms. The van der Waals surface area contributed by atoms with Gasteiger partial charge < -0.3 is 24.9 Å². The third-order valence-corrected chi connectivity index (χ3v) is 18.8. The van der Waals surface area contributed by atoms with Gasteiger partial charge in [0.15, 0.2) is 9.74 Å². The van der Waals surface area contributed by atoms with E-state index in [2.05, 4.69) is 5.32 Å². The number of hydrogen-bond acceptors (Lipinski definition) is 13. The maximum atomic E-state index is 14.8. The second-order valence-electron chi connectivity index (χ2n) is 15.0. The van der Waals surface area contributed by atoms with Crippen LogP contribution in [-0.2, 0) is 29.2 Å². The molecule has 0 aromatic heterocycles. The van der Waals surface area contributed by atoms with Crippen LogP contribution in [0.25, 0.3) is 0 Å². The Bertz CT molecular complexity index is 2540. The highest BCUT2D eigenvalue weighted by atomic mass is 32.2. The summed E-state index contributed by atoms with van der Waals surface area (Å²) in [4.78, 5) is 60.4. The van der Waals surface area contributed by atoms with Crippen molar-refractivity contribution in [2.45, 2.75) is 60.5 Å². The molecule has 0 spiro atoms. The Kier molecular flexibility index (Phi) is 13.7. The van der Waals surface area contributed by atoms with Crippen LogP contribution < -0.4 is 9.62 Å². The van der Waals surface area contributed by atoms with Gasteiger partial charge in [0, 0.05) is 43.9 Å². The smallest absolute Gasteiger partial charge is 0.266 e. The van der Waals surface area contributed by atoms with Gasteiger partial charge in [-0.25, -0.2) is 12.7 Å². The highest BCUT2D eigenvalue weighted by molar-refractivity contribution is 8.48. The highest BCUT2D eigenvalue weighted by Crippen LogP contribution is 2.52. The van der Waals surface area contributed by atoms with Crippen LogP contribution in [0, 0.1) is 0 Å². The summed E-state index contributed by atoms with van der Waals surface area (Å²) in [6, 6.07) is 32.1. The molecular weight excluding hydrogens is 921 g/mol. The lowest BCUT2D eigenvalue weighted by Gasteiger charge is -2.49. The number of likely N-dealkylation sites (N-methyl/N-ethyl adjacent to an activating group) is 2. The predicted octanol–water partition coefficient (Wildman–Crippen LogP) is 8.63. The summed E-state index contributed by atoms with van der Waals surface area (Å²) in [5, 5.41) is 3.46. The summed E-state index contributed by atoms with van der Waals surface area (Å²) in [5.74, 6) is -1.49. The fourth-order valence-corrected chi connectivity index (χ4v) is 14.8. The molecule has 2 saturated heterocycles. The van der Waals surface area contributed by atoms with Crippen molar-refractivity contribution in [3.8, 4) is 0 Å². The maximum Gasteiger partial charge on any atom is 0.266 e. The van der Waals surface area contributed by atoms with Crippen molar-refractivity contribution < 1.29 is 27.6 Å². The van der Waals surface area contributed by atoms with Gasteiger partial charge in [0.2, 0.25) is 11.8 Å². The molecule has 3 aliphatic heterocycles. The number of thioether (sulfide) groups is 4. The first-order chi connectivity index (χ1) is 29.5. The first kappa shape index (κ1) is 45.9. The van der Waals surface area contributed by atoms with Crippen LogP contribution in [0.15, 0.2) is 114 Å². The zero-order valence-corrected chi connectivity index (χ0v) is 40.1. The van der Waals surface area contributed by atoms with Gasteiger partial charge >= 0.3 is 0 Å². The molecular formula is C43H44N6O6S7. The first-order valence-electron chi connectivity index (χ1n) is 19.5. The largest absolute Gasteiger partial charge is 0.355 e. The normalized spacial score (nSPS) is 22.2. The molecule has 324 valence electrons. The molecule has 4 amide bonds. The van der Waals surface area contributed by atoms with E-state index < -0.39 is 49.7 Å². The third kappa shape index (κ3) is 8.73. The number of amides is 4. The molecule has 3 heterocycles. The summed E-state index contributed by atoms with van der Waals surface area (Å²) in [5.41, 5.74) is 3.72. The molecule has 12 nitrogen and oxygen atoms in total. The molecule has 19 heteroatoms. The molecule has 4 atom stereocenters. The second kappa shape index (κ2) is 18.5. The number of thiocarbonyl (C=S) groups is 2. The summed E-state index contributed by atoms with van der Waals surface area (Å²) < 4.78 is 30.3. The van der Waals surface area contributed by atoms with E-state index in [0.717, 1.165) is 40.5 Å². The minimum atomic E-state index is -4.10. The molecule has 4 aromatic rings. The van der Waals surface area contributed by atoms with E-state index in [-0.39, 0.29) is 35.4 Å². The van der Waals surface area contributed by atoms with Crippen LogP contribution in [0.4, 0.5) is 17.1 Å². The van der Waals surface area contributed by atoms with E-state index in [9.17, 15) is 27.6 Å². The van der Waals surface area contributed by atoms with Gasteiger partial charge in [0.05, 0.1) is 28.4 Å². The van der Waals surface area contributed by atoms with Crippen molar-refractivity contribution in [1.29, 1.82) is 0 Å². The SMILES string of the molecule is C[C@@H](c1ccccc1Nc1ccccc1)N1CSC(=S)S[C@@](C)(N(C)C(=O)CCC(=O)N(C)[C@]2(C)SC(=S)SCN([C@@H]3c4ccccc4N3S(=O)(=O)c3ccccc3)C2=O)C1=O. The number of nitrogens with one attached hydrogen (secondary N) is 1. The average Bonchev–Trinajstić information content (AvgIpc) is 3.45. The summed E-state index contributed by atoms with van der Waals surface area (Å²) in [6.07, 6.45) is -1.54. The van der Waals surface area contributed by atoms with Crippen molar-refractivity contribution >= 4 is 129 Å². The molecule has 4 aromatic carbocycles. The van der Waals surface area contributed by atoms with E-state index in [1.54, 1.807) is 68.3 Å². The number of sulfonamides is 1. The van der Waals surface area contributed by atoms with Crippen LogP contribution in [0.1, 0.15) is 56.9 Å². The monoisotopic (exact) mass is 964 g/mol. The topological polar surface area (TPSA) is 131 Å². The van der Waals surface area contributed by atoms with Gasteiger partial charge in [-0.1, -0.05) is 144 Å². The van der Waals surface area contributed by atoms with E-state index >= 15 is 0 Å². The number of fused-ring (bicyclic) bond motifs is 1. The van der Waals surface area contributed by atoms with Crippen molar-refractivity contribution in [1.82, 2.24) is 19.6 Å². The zero-order valence-electron chi connectivity index (χ0n) is 34.4. The summed E-state index contributed by atoms with van der Waals surface area (Å²) in [7, 11) is -1.07. The van der Waals surface area contributed by atoms with Crippen LogP contribution in [0.3, 0.4) is 0 Å². The number of rotatable bonds is 12. The zero-order chi connectivity index (χ0) is 44.6. The van der Waals surface area contributed by atoms with Gasteiger partial charge in [-0.3, -0.25) is 19.2 Å². The molecule has 0 unspecified atom stereocenters. The minimum Gasteiger partial charge on any atom is -0.355 e. The quantitative estimate of drug-likeness (QED) is 0.136. The molecule has 0 aliphatic carbocycles. The maximum absolute atomic E-state index is 14.8. The van der Waals surface area contributed by atoms with E-state index in [1.807, 2.05) is 61.5 Å². The number of anilines is 3. The Labute approximate surface area is 389 Å². The number of para-hydroxylation sites is 3. The lowest BCUT2D eigenvalue weighted by Crippen LogP contribution is -2.60. The van der Waals surface area contributed by atoms with Crippen LogP contribution >= 0.6 is 71.5 Å². The molecule has 7 rings (SSSR count). The molecule has 2 fully saturated rings. The average molecular weight is 965 g/mol. The first-order valence-corrected chi connectivity index (χ1v) is 25.3. The highest BCUT2D eigenvalue weighted by Gasteiger charge is 2.54. The van der Waals surface area contributed by atoms with Gasteiger partial charge in [-0.2, -0.15) is 0 Å². The Morgan fingerprint density at radius 3 is 1.90 bits per heavy atom. The van der Waals surface area contributed by atoms with Crippen molar-refractivity contribution in [2.24, 2.45) is 0 Å². The van der Waals surface area contributed by atoms with E-state index in [0.29, 0.717) is 18.3 Å². The molecule has 1 N–H and O–H groups in total. The molecule has 3 aliphatic rings. The van der Waals surface area contributed by atoms with E-state index in [4.69, 9.17) is 24.4 Å². The van der Waals surface area contributed by atoms with Crippen LogP contribution in [0.2, 0.25) is 0 Å². The summed E-state index contributed by atoms with van der Waals surface area (Å²) in [6.45, 7) is 5.20. The Balaban J connectivity index is 1.07. The number of hydrogen-bond donors (Lipinski definition) is 1. The Morgan fingerprint density at radius 1 is 0.758 bits per heavy atom. The standard InChI is InChI=1S/C43H44N6O6S7/c1-28(31-20-12-14-22-33(31)44-29-16-8-6-9-17-29)47-26-58-40(56)60-42(2,38(47)52)45(4)35(50)24-25-36(51)46(5)43(3)39(53)48(27-59-41(57)61-43)37-32-21-13-15-23-34(32)49(37)62(54,55)30-18-10-7-11-19-30/h6-23,28,37,44H,24-27H2,1-5H3/t28-,37-,42+,43+/m0/s1. The molecule has 0 saturated carbocycles. The van der Waals surface area contributed by atoms with Gasteiger partial charge in [-0.15, -0.1) is 0 Å². The second-order valence-corrected chi connectivity index (χ2v) is 23.9. The van der Waals surface area contributed by atoms with Gasteiger partial charge in [-0.05, 0) is 62.7 Å². The molecule has 0 radical (unpaired) electrons. The van der Waals surface area contributed by atoms with Crippen molar-refractivity contribution in [3.05, 3.63) is 120 Å². The number of nitrogens with zero attached hydrogens (tertiary/aromatic N) is 5. The number of carbonyl (C=O) groups is 4. The lowest BCUT2D eigenvalue weighted by atomic mass is 10.0. The molecule has 0 bridgehead atoms. The van der Waals surface area contributed by atoms with E-state index in [1.165, 1.54) is 61.7 Å². The Morgan fingerprint density at radius 2 is 1.27 bits per heavy atom. The van der Waals surface area contributed by atoms with Crippen molar-refractivity contribution in [3.63, 3.8) is 0 Å².